The van der Waals surface area contributed by atoms with E-state index >= 15 is 0 Å². The number of rotatable bonds is 7. The van der Waals surface area contributed by atoms with Gasteiger partial charge in [-0.25, -0.2) is 9.97 Å². The largest absolute Gasteiger partial charge is 0.455 e. The number of para-hydroxylation sites is 3. The molecule has 0 N–H and O–H groups in total. The molecule has 0 aliphatic carbocycles. The Morgan fingerprint density at radius 1 is 0.319 bits per heavy atom. The van der Waals surface area contributed by atoms with E-state index in [4.69, 9.17) is 14.4 Å². The van der Waals surface area contributed by atoms with E-state index in [2.05, 4.69) is 240 Å². The summed E-state index contributed by atoms with van der Waals surface area (Å²) in [5.41, 5.74) is 17.4. The van der Waals surface area contributed by atoms with E-state index < -0.39 is 0 Å². The van der Waals surface area contributed by atoms with Crippen LogP contribution < -0.4 is 0 Å². The number of aromatic nitrogens is 4. The van der Waals surface area contributed by atoms with Crippen LogP contribution in [-0.4, -0.2) is 19.1 Å². The third-order valence-corrected chi connectivity index (χ3v) is 13.7. The van der Waals surface area contributed by atoms with Crippen molar-refractivity contribution in [1.29, 1.82) is 0 Å². The highest BCUT2D eigenvalue weighted by molar-refractivity contribution is 6.26. The molecule has 0 amide bonds. The van der Waals surface area contributed by atoms with Crippen LogP contribution in [0.4, 0.5) is 0 Å². The van der Waals surface area contributed by atoms with E-state index in [0.29, 0.717) is 5.82 Å². The summed E-state index contributed by atoms with van der Waals surface area (Å²) in [5.74, 6) is 0.655. The van der Waals surface area contributed by atoms with Crippen LogP contribution in [0.2, 0.25) is 0 Å². The molecule has 0 unspecified atom stereocenters. The first kappa shape index (κ1) is 38.9. The first-order valence-corrected chi connectivity index (χ1v) is 23.4. The van der Waals surface area contributed by atoms with Crippen molar-refractivity contribution in [3.8, 4) is 67.5 Å². The number of furan rings is 1. The fraction of sp³-hybridized carbons (Fsp3) is 0. The normalized spacial score (nSPS) is 11.8. The molecule has 0 atom stereocenters. The van der Waals surface area contributed by atoms with Gasteiger partial charge in [0.2, 0.25) is 0 Å². The zero-order valence-electron chi connectivity index (χ0n) is 37.3. The van der Waals surface area contributed by atoms with Crippen molar-refractivity contribution in [3.63, 3.8) is 0 Å². The Morgan fingerprint density at radius 3 is 1.42 bits per heavy atom. The summed E-state index contributed by atoms with van der Waals surface area (Å²) in [6.07, 6.45) is 0. The van der Waals surface area contributed by atoms with E-state index in [0.717, 1.165) is 116 Å². The van der Waals surface area contributed by atoms with Gasteiger partial charge in [0, 0.05) is 60.4 Å². The molecule has 14 aromatic rings. The highest BCUT2D eigenvalue weighted by Gasteiger charge is 2.25. The summed E-state index contributed by atoms with van der Waals surface area (Å²) in [7, 11) is 0. The molecular formula is C64H40N4O. The predicted molar refractivity (Wildman–Crippen MR) is 285 cm³/mol. The molecule has 0 saturated carbocycles. The molecule has 322 valence electrons. The van der Waals surface area contributed by atoms with E-state index in [-0.39, 0.29) is 0 Å². The van der Waals surface area contributed by atoms with Gasteiger partial charge in [-0.05, 0) is 77.9 Å². The van der Waals surface area contributed by atoms with Crippen molar-refractivity contribution in [2.75, 3.05) is 0 Å². The molecule has 10 aromatic carbocycles. The average Bonchev–Trinajstić information content (AvgIpc) is 4.08. The Hall–Kier alpha value is -9.32. The Kier molecular flexibility index (Phi) is 8.83. The first-order chi connectivity index (χ1) is 34.2. The van der Waals surface area contributed by atoms with Gasteiger partial charge in [0.05, 0.1) is 44.5 Å². The van der Waals surface area contributed by atoms with Crippen molar-refractivity contribution in [1.82, 2.24) is 19.1 Å². The molecule has 0 fully saturated rings. The smallest absolute Gasteiger partial charge is 0.160 e. The van der Waals surface area contributed by atoms with Crippen LogP contribution in [0.25, 0.3) is 133 Å². The van der Waals surface area contributed by atoms with Gasteiger partial charge in [-0.2, -0.15) is 0 Å². The van der Waals surface area contributed by atoms with Crippen LogP contribution in [0.5, 0.6) is 0 Å². The molecule has 0 radical (unpaired) electrons. The molecule has 4 aromatic heterocycles. The van der Waals surface area contributed by atoms with Crippen molar-refractivity contribution in [2.45, 2.75) is 0 Å². The highest BCUT2D eigenvalue weighted by Crippen LogP contribution is 2.47. The number of hydrogen-bond donors (Lipinski definition) is 0. The lowest BCUT2D eigenvalue weighted by molar-refractivity contribution is 0.673. The summed E-state index contributed by atoms with van der Waals surface area (Å²) in [6, 6.07) is 86.1. The average molecular weight is 881 g/mol. The van der Waals surface area contributed by atoms with E-state index in [1.54, 1.807) is 0 Å². The first-order valence-electron chi connectivity index (χ1n) is 23.4. The van der Waals surface area contributed by atoms with E-state index in [1.165, 1.54) is 10.9 Å². The molecule has 0 aliphatic rings. The molecule has 0 spiro atoms. The second kappa shape index (κ2) is 15.7. The molecule has 69 heavy (non-hydrogen) atoms. The number of benzene rings is 10. The minimum Gasteiger partial charge on any atom is -0.455 e. The van der Waals surface area contributed by atoms with Gasteiger partial charge in [-0.3, -0.25) is 0 Å². The van der Waals surface area contributed by atoms with Crippen LogP contribution in [0, 0.1) is 0 Å². The monoisotopic (exact) mass is 880 g/mol. The molecule has 14 rings (SSSR count). The molecular weight excluding hydrogens is 841 g/mol. The van der Waals surface area contributed by atoms with Gasteiger partial charge in [0.25, 0.3) is 0 Å². The van der Waals surface area contributed by atoms with Gasteiger partial charge in [0.1, 0.15) is 11.2 Å². The maximum Gasteiger partial charge on any atom is 0.160 e. The Balaban J connectivity index is 1.06. The minimum atomic E-state index is 0.655. The lowest BCUT2D eigenvalue weighted by Crippen LogP contribution is -2.03. The van der Waals surface area contributed by atoms with Crippen molar-refractivity contribution in [2.24, 2.45) is 0 Å². The molecule has 4 heterocycles. The van der Waals surface area contributed by atoms with Crippen LogP contribution in [0.15, 0.2) is 247 Å². The van der Waals surface area contributed by atoms with Gasteiger partial charge < -0.3 is 13.6 Å². The number of hydrogen-bond acceptors (Lipinski definition) is 3. The molecule has 0 aliphatic heterocycles. The van der Waals surface area contributed by atoms with Crippen LogP contribution in [0.1, 0.15) is 0 Å². The van der Waals surface area contributed by atoms with E-state index in [1.807, 2.05) is 12.1 Å². The summed E-state index contributed by atoms with van der Waals surface area (Å²) in [5, 5.41) is 6.72. The van der Waals surface area contributed by atoms with Crippen molar-refractivity contribution < 1.29 is 4.42 Å². The van der Waals surface area contributed by atoms with Crippen molar-refractivity contribution >= 4 is 65.6 Å². The Labute approximate surface area is 397 Å². The minimum absolute atomic E-state index is 0.655. The molecule has 0 bridgehead atoms. The quantitative estimate of drug-likeness (QED) is 0.160. The van der Waals surface area contributed by atoms with Crippen molar-refractivity contribution in [3.05, 3.63) is 243 Å². The lowest BCUT2D eigenvalue weighted by atomic mass is 9.92. The molecule has 5 nitrogen and oxygen atoms in total. The lowest BCUT2D eigenvalue weighted by Gasteiger charge is -2.21. The summed E-state index contributed by atoms with van der Waals surface area (Å²) < 4.78 is 12.0. The summed E-state index contributed by atoms with van der Waals surface area (Å²) in [4.78, 5) is 10.7. The van der Waals surface area contributed by atoms with Gasteiger partial charge >= 0.3 is 0 Å². The van der Waals surface area contributed by atoms with E-state index in [9.17, 15) is 0 Å². The summed E-state index contributed by atoms with van der Waals surface area (Å²) >= 11 is 0. The Bertz CT molecular complexity index is 4150. The zero-order chi connectivity index (χ0) is 45.4. The third-order valence-electron chi connectivity index (χ3n) is 13.7. The Morgan fingerprint density at radius 2 is 0.826 bits per heavy atom. The van der Waals surface area contributed by atoms with Gasteiger partial charge in [-0.1, -0.05) is 176 Å². The van der Waals surface area contributed by atoms with Crippen LogP contribution in [-0.2, 0) is 0 Å². The maximum atomic E-state index is 7.16. The SMILES string of the molecule is c1ccc(-c2cc(-c3ccccc3)nc(-c3cc(-c4ccccc4)c(-n4c5ccccc5c5c6oc7cc8c9ccccc9n(-c9ccccc9)c8cc7c6ccc54)c(-c4ccccc4)c3)n2)cc1. The fourth-order valence-electron chi connectivity index (χ4n) is 10.6. The maximum absolute atomic E-state index is 7.16. The van der Waals surface area contributed by atoms with Gasteiger partial charge in [-0.15, -0.1) is 0 Å². The number of fused-ring (bicyclic) bond motifs is 10. The second-order valence-corrected chi connectivity index (χ2v) is 17.7. The third kappa shape index (κ3) is 6.25. The van der Waals surface area contributed by atoms with Gasteiger partial charge in [0.15, 0.2) is 5.82 Å². The standard InChI is InChI=1S/C64H40N4O/c1-6-20-41(21-7-1)50-36-45(64-65-54(43-24-10-3-11-25-43)40-55(66-64)44-26-12-4-13-27-44)37-51(42-22-8-2-9-23-42)62(50)68-57-33-19-17-31-49(57)61-58(68)35-34-48-53-38-59-52(39-60(53)69-63(48)61)47-30-16-18-32-56(47)67(59)46-28-14-5-15-29-46/h1-40H. The topological polar surface area (TPSA) is 48.8 Å². The fourth-order valence-corrected chi connectivity index (χ4v) is 10.6. The second-order valence-electron chi connectivity index (χ2n) is 17.7. The highest BCUT2D eigenvalue weighted by atomic mass is 16.3. The predicted octanol–water partition coefficient (Wildman–Crippen LogP) is 16.9. The molecule has 0 saturated heterocycles. The summed E-state index contributed by atoms with van der Waals surface area (Å²) in [6.45, 7) is 0. The zero-order valence-corrected chi connectivity index (χ0v) is 37.3. The molecule has 5 heteroatoms. The number of nitrogens with zero attached hydrogens (tertiary/aromatic N) is 4. The van der Waals surface area contributed by atoms with Crippen LogP contribution >= 0.6 is 0 Å². The van der Waals surface area contributed by atoms with Crippen LogP contribution in [0.3, 0.4) is 0 Å².